The van der Waals surface area contributed by atoms with Gasteiger partial charge in [-0.3, -0.25) is 4.98 Å². The first-order chi connectivity index (χ1) is 8.84. The summed E-state index contributed by atoms with van der Waals surface area (Å²) in [7, 11) is 0. The molecule has 4 heteroatoms. The molecule has 0 bridgehead atoms. The molecule has 0 saturated heterocycles. The van der Waals surface area contributed by atoms with Gasteiger partial charge < -0.3 is 0 Å². The fraction of sp³-hybridized carbons (Fsp3) is 0. The summed E-state index contributed by atoms with van der Waals surface area (Å²) in [4.78, 5) is 8.78. The van der Waals surface area contributed by atoms with Crippen molar-refractivity contribution in [3.63, 3.8) is 0 Å². The third-order valence-electron chi connectivity index (χ3n) is 2.57. The molecule has 2 aromatic heterocycles. The summed E-state index contributed by atoms with van der Waals surface area (Å²) in [5, 5.41) is 3.08. The quantitative estimate of drug-likeness (QED) is 0.688. The fourth-order valence-corrected chi connectivity index (χ4v) is 3.15. The van der Waals surface area contributed by atoms with E-state index in [1.54, 1.807) is 17.5 Å². The number of hydrogen-bond donors (Lipinski definition) is 0. The zero-order valence-electron chi connectivity index (χ0n) is 9.38. The van der Waals surface area contributed by atoms with E-state index in [4.69, 9.17) is 0 Å². The summed E-state index contributed by atoms with van der Waals surface area (Å²) in [6, 6.07) is 12.1. The van der Waals surface area contributed by atoms with E-state index in [1.165, 1.54) is 0 Å². The van der Waals surface area contributed by atoms with E-state index in [2.05, 4.69) is 37.3 Å². The lowest BCUT2D eigenvalue weighted by molar-refractivity contribution is 1.31. The predicted octanol–water partition coefficient (Wildman–Crippen LogP) is 4.63. The summed E-state index contributed by atoms with van der Waals surface area (Å²) in [5.41, 5.74) is 3.14. The van der Waals surface area contributed by atoms with Gasteiger partial charge in [0.2, 0.25) is 0 Å². The molecule has 3 rings (SSSR count). The SMILES string of the molecule is Brc1ccccc1-c1nc(-c2cccnc2)cs1. The van der Waals surface area contributed by atoms with Gasteiger partial charge in [-0.2, -0.15) is 0 Å². The Labute approximate surface area is 117 Å². The van der Waals surface area contributed by atoms with Crippen LogP contribution in [0.3, 0.4) is 0 Å². The molecule has 0 unspecified atom stereocenters. The second kappa shape index (κ2) is 5.00. The highest BCUT2D eigenvalue weighted by Gasteiger charge is 2.08. The Kier molecular flexibility index (Phi) is 3.21. The van der Waals surface area contributed by atoms with E-state index in [0.29, 0.717) is 0 Å². The van der Waals surface area contributed by atoms with Gasteiger partial charge in [-0.05, 0) is 18.2 Å². The number of thiazole rings is 1. The molecule has 0 spiro atoms. The molecule has 0 fully saturated rings. The zero-order valence-corrected chi connectivity index (χ0v) is 11.8. The van der Waals surface area contributed by atoms with Gasteiger partial charge in [0.15, 0.2) is 0 Å². The number of hydrogen-bond acceptors (Lipinski definition) is 3. The van der Waals surface area contributed by atoms with Crippen molar-refractivity contribution in [1.82, 2.24) is 9.97 Å². The average Bonchev–Trinajstić information content (AvgIpc) is 2.90. The molecule has 2 nitrogen and oxygen atoms in total. The Morgan fingerprint density at radius 3 is 2.72 bits per heavy atom. The Morgan fingerprint density at radius 2 is 1.94 bits per heavy atom. The largest absolute Gasteiger partial charge is 0.264 e. The molecule has 0 radical (unpaired) electrons. The van der Waals surface area contributed by atoms with Crippen LogP contribution < -0.4 is 0 Å². The second-order valence-corrected chi connectivity index (χ2v) is 5.47. The Hall–Kier alpha value is -1.52. The molecule has 18 heavy (non-hydrogen) atoms. The maximum absolute atomic E-state index is 4.66. The van der Waals surface area contributed by atoms with Crippen molar-refractivity contribution in [2.24, 2.45) is 0 Å². The molecular formula is C14H9BrN2S. The molecule has 2 heterocycles. The van der Waals surface area contributed by atoms with Crippen LogP contribution in [-0.2, 0) is 0 Å². The van der Waals surface area contributed by atoms with Gasteiger partial charge in [0.25, 0.3) is 0 Å². The van der Waals surface area contributed by atoms with Crippen LogP contribution in [0, 0.1) is 0 Å². The number of halogens is 1. The molecule has 0 atom stereocenters. The van der Waals surface area contributed by atoms with Gasteiger partial charge in [0.1, 0.15) is 5.01 Å². The van der Waals surface area contributed by atoms with Crippen LogP contribution in [0.1, 0.15) is 0 Å². The van der Waals surface area contributed by atoms with Crippen LogP contribution in [0.15, 0.2) is 58.6 Å². The minimum absolute atomic E-state index is 0.971. The summed E-state index contributed by atoms with van der Waals surface area (Å²) < 4.78 is 1.07. The Balaban J connectivity index is 2.03. The van der Waals surface area contributed by atoms with E-state index in [0.717, 1.165) is 26.3 Å². The van der Waals surface area contributed by atoms with E-state index in [-0.39, 0.29) is 0 Å². The molecule has 0 saturated carbocycles. The van der Waals surface area contributed by atoms with Crippen molar-refractivity contribution in [2.45, 2.75) is 0 Å². The smallest absolute Gasteiger partial charge is 0.125 e. The molecule has 88 valence electrons. The lowest BCUT2D eigenvalue weighted by Crippen LogP contribution is -1.81. The molecule has 0 aliphatic carbocycles. The number of aromatic nitrogens is 2. The third-order valence-corrected chi connectivity index (χ3v) is 4.13. The van der Waals surface area contributed by atoms with Gasteiger partial charge in [-0.1, -0.05) is 34.1 Å². The van der Waals surface area contributed by atoms with Gasteiger partial charge in [0.05, 0.1) is 5.69 Å². The van der Waals surface area contributed by atoms with E-state index in [9.17, 15) is 0 Å². The summed E-state index contributed by atoms with van der Waals surface area (Å²) >= 11 is 5.20. The summed E-state index contributed by atoms with van der Waals surface area (Å²) in [5.74, 6) is 0. The van der Waals surface area contributed by atoms with Crippen LogP contribution in [0.4, 0.5) is 0 Å². The standard InChI is InChI=1S/C14H9BrN2S/c15-12-6-2-1-5-11(12)14-17-13(9-18-14)10-4-3-7-16-8-10/h1-9H. The van der Waals surface area contributed by atoms with E-state index >= 15 is 0 Å². The first kappa shape index (κ1) is 11.6. The van der Waals surface area contributed by atoms with E-state index < -0.39 is 0 Å². The summed E-state index contributed by atoms with van der Waals surface area (Å²) in [6.07, 6.45) is 3.60. The van der Waals surface area contributed by atoms with Crippen molar-refractivity contribution in [2.75, 3.05) is 0 Å². The van der Waals surface area contributed by atoms with Gasteiger partial charge in [-0.25, -0.2) is 4.98 Å². The Bertz CT molecular complexity index is 664. The van der Waals surface area contributed by atoms with Crippen LogP contribution in [0.25, 0.3) is 21.8 Å². The molecule has 0 aliphatic rings. The van der Waals surface area contributed by atoms with Crippen LogP contribution in [-0.4, -0.2) is 9.97 Å². The molecule has 0 aliphatic heterocycles. The number of benzene rings is 1. The number of nitrogens with zero attached hydrogens (tertiary/aromatic N) is 2. The molecule has 1 aromatic carbocycles. The molecular weight excluding hydrogens is 308 g/mol. The summed E-state index contributed by atoms with van der Waals surface area (Å²) in [6.45, 7) is 0. The number of pyridine rings is 1. The minimum Gasteiger partial charge on any atom is -0.264 e. The van der Waals surface area contributed by atoms with Crippen molar-refractivity contribution in [3.8, 4) is 21.8 Å². The highest BCUT2D eigenvalue weighted by atomic mass is 79.9. The number of rotatable bonds is 2. The second-order valence-electron chi connectivity index (χ2n) is 3.76. The molecule has 3 aromatic rings. The van der Waals surface area contributed by atoms with Crippen LogP contribution >= 0.6 is 27.3 Å². The first-order valence-corrected chi connectivity index (χ1v) is 7.13. The Morgan fingerprint density at radius 1 is 1.06 bits per heavy atom. The first-order valence-electron chi connectivity index (χ1n) is 5.45. The van der Waals surface area contributed by atoms with Gasteiger partial charge in [-0.15, -0.1) is 11.3 Å². The third kappa shape index (κ3) is 2.21. The predicted molar refractivity (Wildman–Crippen MR) is 78.5 cm³/mol. The van der Waals surface area contributed by atoms with Crippen molar-refractivity contribution >= 4 is 27.3 Å². The molecule has 0 N–H and O–H groups in total. The van der Waals surface area contributed by atoms with E-state index in [1.807, 2.05) is 36.5 Å². The van der Waals surface area contributed by atoms with Crippen molar-refractivity contribution in [3.05, 3.63) is 58.6 Å². The lowest BCUT2D eigenvalue weighted by atomic mass is 10.2. The highest BCUT2D eigenvalue weighted by molar-refractivity contribution is 9.10. The fourth-order valence-electron chi connectivity index (χ4n) is 1.68. The minimum atomic E-state index is 0.971. The van der Waals surface area contributed by atoms with Crippen LogP contribution in [0.2, 0.25) is 0 Å². The van der Waals surface area contributed by atoms with Crippen LogP contribution in [0.5, 0.6) is 0 Å². The maximum Gasteiger partial charge on any atom is 0.125 e. The normalized spacial score (nSPS) is 10.5. The topological polar surface area (TPSA) is 25.8 Å². The van der Waals surface area contributed by atoms with Crippen molar-refractivity contribution in [1.29, 1.82) is 0 Å². The lowest BCUT2D eigenvalue weighted by Gasteiger charge is -1.99. The zero-order chi connectivity index (χ0) is 12.4. The average molecular weight is 317 g/mol. The molecule has 0 amide bonds. The monoisotopic (exact) mass is 316 g/mol. The highest BCUT2D eigenvalue weighted by Crippen LogP contribution is 2.32. The van der Waals surface area contributed by atoms with Crippen molar-refractivity contribution < 1.29 is 0 Å². The maximum atomic E-state index is 4.66. The van der Waals surface area contributed by atoms with Gasteiger partial charge in [0, 0.05) is 33.4 Å². The van der Waals surface area contributed by atoms with Gasteiger partial charge >= 0.3 is 0 Å².